The highest BCUT2D eigenvalue weighted by Gasteiger charge is 2.24. The van der Waals surface area contributed by atoms with Crippen LogP contribution < -0.4 is 5.32 Å². The summed E-state index contributed by atoms with van der Waals surface area (Å²) >= 11 is 0. The predicted molar refractivity (Wildman–Crippen MR) is 111 cm³/mol. The van der Waals surface area contributed by atoms with Gasteiger partial charge in [-0.05, 0) is 25.8 Å². The maximum absolute atomic E-state index is 12.0. The summed E-state index contributed by atoms with van der Waals surface area (Å²) in [4.78, 5) is 23.4. The molecule has 2 N–H and O–H groups in total. The van der Waals surface area contributed by atoms with Crippen molar-refractivity contribution >= 4 is 11.7 Å². The van der Waals surface area contributed by atoms with E-state index in [0.29, 0.717) is 6.42 Å². The van der Waals surface area contributed by atoms with Crippen molar-refractivity contribution in [1.82, 2.24) is 5.32 Å². The van der Waals surface area contributed by atoms with Gasteiger partial charge in [-0.1, -0.05) is 72.9 Å². The topological polar surface area (TPSA) is 66.4 Å². The van der Waals surface area contributed by atoms with Crippen molar-refractivity contribution in [1.29, 1.82) is 0 Å². The molecular formula is C21H41NO3. The molecule has 0 aromatic heterocycles. The second-order valence-corrected chi connectivity index (χ2v) is 4.76. The van der Waals surface area contributed by atoms with E-state index in [-0.39, 0.29) is 23.7 Å². The predicted octanol–water partition coefficient (Wildman–Crippen LogP) is 4.70. The summed E-state index contributed by atoms with van der Waals surface area (Å²) < 4.78 is 0. The van der Waals surface area contributed by atoms with Crippen LogP contribution in [-0.4, -0.2) is 29.9 Å². The number of nitrogens with one attached hydrogen (secondary N) is 1. The van der Waals surface area contributed by atoms with Gasteiger partial charge in [0.25, 0.3) is 0 Å². The van der Waals surface area contributed by atoms with Gasteiger partial charge in [0.1, 0.15) is 5.78 Å². The number of hydrogen-bond donors (Lipinski definition) is 2. The molecule has 0 spiro atoms. The third-order valence-corrected chi connectivity index (χ3v) is 3.41. The quantitative estimate of drug-likeness (QED) is 0.490. The first kappa shape index (κ1) is 31.1. The van der Waals surface area contributed by atoms with Gasteiger partial charge in [0.05, 0.1) is 5.92 Å². The molecule has 0 saturated heterocycles. The van der Waals surface area contributed by atoms with Crippen LogP contribution in [0.3, 0.4) is 0 Å². The number of aliphatic hydroxyl groups excluding tert-OH is 1. The van der Waals surface area contributed by atoms with Crippen LogP contribution in [0.4, 0.5) is 0 Å². The van der Waals surface area contributed by atoms with E-state index in [1.165, 1.54) is 6.92 Å². The molecule has 3 atom stereocenters. The van der Waals surface area contributed by atoms with Crippen molar-refractivity contribution in [2.75, 3.05) is 7.11 Å². The molecule has 0 aromatic rings. The molecule has 0 saturated carbocycles. The molecule has 25 heavy (non-hydrogen) atoms. The zero-order valence-electron chi connectivity index (χ0n) is 17.8. The normalized spacial score (nSPS) is 13.0. The van der Waals surface area contributed by atoms with Gasteiger partial charge in [-0.15, -0.1) is 0 Å². The van der Waals surface area contributed by atoms with Crippen molar-refractivity contribution in [3.8, 4) is 0 Å². The number of amides is 1. The highest BCUT2D eigenvalue weighted by Crippen LogP contribution is 2.17. The molecule has 0 fully saturated rings. The third kappa shape index (κ3) is 14.4. The Balaban J connectivity index is -0.000000329. The molecule has 0 rings (SSSR count). The zero-order valence-corrected chi connectivity index (χ0v) is 17.8. The molecule has 3 unspecified atom stereocenters. The standard InChI is InChI=1S/C16H25NO2.2C2H6.CH4O/c1-7-10-14(8-2)11(4)12(5)17-16(19)15(9-3)13(6)18;3*1-2/h7-8,10-12,15H,1-2,9H2,3-6H3,(H,17,19);2*1-2H3;2H,1H3/b14-10+;;;. The summed E-state index contributed by atoms with van der Waals surface area (Å²) in [5, 5.41) is 9.90. The van der Waals surface area contributed by atoms with Gasteiger partial charge in [0.2, 0.25) is 5.91 Å². The van der Waals surface area contributed by atoms with E-state index in [2.05, 4.69) is 18.5 Å². The summed E-state index contributed by atoms with van der Waals surface area (Å²) in [6.07, 6.45) is 5.87. The summed E-state index contributed by atoms with van der Waals surface area (Å²) in [5.41, 5.74) is 1.01. The molecule has 0 aliphatic rings. The van der Waals surface area contributed by atoms with Gasteiger partial charge < -0.3 is 10.4 Å². The molecule has 4 nitrogen and oxygen atoms in total. The van der Waals surface area contributed by atoms with Crippen molar-refractivity contribution < 1.29 is 14.7 Å². The minimum absolute atomic E-state index is 0.0647. The average Bonchev–Trinajstić information content (AvgIpc) is 2.64. The van der Waals surface area contributed by atoms with E-state index in [9.17, 15) is 9.59 Å². The summed E-state index contributed by atoms with van der Waals surface area (Å²) in [6, 6.07) is -0.0647. The molecule has 1 amide bonds. The molecule has 0 heterocycles. The monoisotopic (exact) mass is 355 g/mol. The number of carbonyl (C=O) groups is 2. The van der Waals surface area contributed by atoms with Gasteiger partial charge in [-0.2, -0.15) is 0 Å². The van der Waals surface area contributed by atoms with Crippen molar-refractivity contribution in [3.05, 3.63) is 37.0 Å². The lowest BCUT2D eigenvalue weighted by molar-refractivity contribution is -0.133. The second kappa shape index (κ2) is 22.3. The number of carbonyl (C=O) groups excluding carboxylic acids is 2. The van der Waals surface area contributed by atoms with Crippen molar-refractivity contribution in [2.24, 2.45) is 11.8 Å². The van der Waals surface area contributed by atoms with Gasteiger partial charge in [0, 0.05) is 19.1 Å². The number of rotatable bonds is 8. The van der Waals surface area contributed by atoms with E-state index in [1.807, 2.05) is 54.5 Å². The lowest BCUT2D eigenvalue weighted by atomic mass is 9.92. The van der Waals surface area contributed by atoms with Gasteiger partial charge in [0.15, 0.2) is 0 Å². The number of aliphatic hydroxyl groups is 1. The number of ketones is 1. The van der Waals surface area contributed by atoms with Crippen LogP contribution in [-0.2, 0) is 9.59 Å². The molecule has 0 radical (unpaired) electrons. The Morgan fingerprint density at radius 3 is 1.80 bits per heavy atom. The van der Waals surface area contributed by atoms with Crippen LogP contribution >= 0.6 is 0 Å². The summed E-state index contributed by atoms with van der Waals surface area (Å²) in [7, 11) is 1.00. The van der Waals surface area contributed by atoms with E-state index < -0.39 is 5.92 Å². The minimum Gasteiger partial charge on any atom is -0.400 e. The summed E-state index contributed by atoms with van der Waals surface area (Å²) in [5.74, 6) is -0.726. The van der Waals surface area contributed by atoms with Crippen LogP contribution in [0.15, 0.2) is 37.0 Å². The number of Topliss-reactive ketones (excluding diaryl/α,β-unsaturated/α-hetero) is 1. The van der Waals surface area contributed by atoms with Crippen LogP contribution in [0.25, 0.3) is 0 Å². The molecule has 4 heteroatoms. The van der Waals surface area contributed by atoms with Crippen LogP contribution in [0.5, 0.6) is 0 Å². The van der Waals surface area contributed by atoms with E-state index in [0.717, 1.165) is 12.7 Å². The van der Waals surface area contributed by atoms with Crippen LogP contribution in [0.2, 0.25) is 0 Å². The molecule has 0 aromatic carbocycles. The maximum atomic E-state index is 12.0. The van der Waals surface area contributed by atoms with Gasteiger partial charge in [-0.25, -0.2) is 0 Å². The zero-order chi connectivity index (χ0) is 21.0. The molecular weight excluding hydrogens is 314 g/mol. The van der Waals surface area contributed by atoms with Crippen molar-refractivity contribution in [2.45, 2.75) is 67.9 Å². The van der Waals surface area contributed by atoms with Crippen LogP contribution in [0.1, 0.15) is 61.8 Å². The average molecular weight is 356 g/mol. The lowest BCUT2D eigenvalue weighted by Crippen LogP contribution is -2.42. The Bertz CT molecular complexity index is 387. The number of hydrogen-bond acceptors (Lipinski definition) is 3. The smallest absolute Gasteiger partial charge is 0.230 e. The van der Waals surface area contributed by atoms with Crippen molar-refractivity contribution in [3.63, 3.8) is 0 Å². The van der Waals surface area contributed by atoms with E-state index >= 15 is 0 Å². The Labute approximate surface area is 156 Å². The first-order chi connectivity index (χ1) is 11.9. The Kier molecular flexibility index (Phi) is 27.8. The fourth-order valence-corrected chi connectivity index (χ4v) is 1.94. The van der Waals surface area contributed by atoms with Gasteiger partial charge in [-0.3, -0.25) is 9.59 Å². The molecule has 0 aliphatic carbocycles. The van der Waals surface area contributed by atoms with Gasteiger partial charge >= 0.3 is 0 Å². The minimum atomic E-state index is -0.551. The SMILES string of the molecule is C=C/C=C(\C=C)C(C)C(C)NC(=O)C(CC)C(C)=O.CC.CC.CO. The second-order valence-electron chi connectivity index (χ2n) is 4.76. The number of allylic oxidation sites excluding steroid dienone is 3. The Morgan fingerprint density at radius 2 is 1.52 bits per heavy atom. The fraction of sp³-hybridized carbons (Fsp3) is 0.619. The third-order valence-electron chi connectivity index (χ3n) is 3.41. The fourth-order valence-electron chi connectivity index (χ4n) is 1.94. The lowest BCUT2D eigenvalue weighted by Gasteiger charge is -2.24. The highest BCUT2D eigenvalue weighted by molar-refractivity contribution is 6.00. The first-order valence-electron chi connectivity index (χ1n) is 9.09. The maximum Gasteiger partial charge on any atom is 0.230 e. The first-order valence-corrected chi connectivity index (χ1v) is 9.09. The molecule has 148 valence electrons. The van der Waals surface area contributed by atoms with E-state index in [4.69, 9.17) is 5.11 Å². The summed E-state index contributed by atoms with van der Waals surface area (Å²) in [6.45, 7) is 22.6. The highest BCUT2D eigenvalue weighted by atomic mass is 16.2. The Hall–Kier alpha value is -1.68. The van der Waals surface area contributed by atoms with Crippen LogP contribution in [0, 0.1) is 11.8 Å². The Morgan fingerprint density at radius 1 is 1.08 bits per heavy atom. The largest absolute Gasteiger partial charge is 0.400 e. The molecule has 0 aliphatic heterocycles. The molecule has 0 bridgehead atoms. The van der Waals surface area contributed by atoms with E-state index in [1.54, 1.807) is 12.2 Å².